The van der Waals surface area contributed by atoms with Gasteiger partial charge >= 0.3 is 0 Å². The summed E-state index contributed by atoms with van der Waals surface area (Å²) in [5.74, 6) is 1.81. The number of hydrogen-bond acceptors (Lipinski definition) is 3. The SMILES string of the molecule is Cc1[nH]c(=O)c(C#N)c(C)c1CCC(=O)N[C@@H]1C[C@H](C)CC[C@@H]1C(C)C. The molecule has 0 spiro atoms. The van der Waals surface area contributed by atoms with Gasteiger partial charge in [-0.2, -0.15) is 5.26 Å². The zero-order chi connectivity index (χ0) is 19.4. The third-order valence-corrected chi connectivity index (χ3v) is 5.89. The number of aryl methyl sites for hydroxylation is 1. The summed E-state index contributed by atoms with van der Waals surface area (Å²) in [6.45, 7) is 10.3. The highest BCUT2D eigenvalue weighted by molar-refractivity contribution is 5.76. The fourth-order valence-electron chi connectivity index (χ4n) is 4.31. The van der Waals surface area contributed by atoms with E-state index in [0.717, 1.165) is 17.7 Å². The van der Waals surface area contributed by atoms with E-state index in [-0.39, 0.29) is 23.1 Å². The fourth-order valence-corrected chi connectivity index (χ4v) is 4.31. The number of nitrogens with zero attached hydrogens (tertiary/aromatic N) is 1. The van der Waals surface area contributed by atoms with Gasteiger partial charge in [0.2, 0.25) is 5.91 Å². The summed E-state index contributed by atoms with van der Waals surface area (Å²) in [4.78, 5) is 27.1. The van der Waals surface area contributed by atoms with E-state index < -0.39 is 0 Å². The van der Waals surface area contributed by atoms with E-state index in [1.165, 1.54) is 12.8 Å². The predicted molar refractivity (Wildman–Crippen MR) is 103 cm³/mol. The van der Waals surface area contributed by atoms with Crippen molar-refractivity contribution in [2.24, 2.45) is 17.8 Å². The molecule has 0 saturated heterocycles. The number of pyridine rings is 1. The maximum atomic E-state index is 12.6. The molecule has 1 aliphatic rings. The number of carbonyl (C=O) groups excluding carboxylic acids is 1. The monoisotopic (exact) mass is 357 g/mol. The molecule has 1 amide bonds. The van der Waals surface area contributed by atoms with E-state index in [0.29, 0.717) is 36.2 Å². The van der Waals surface area contributed by atoms with Gasteiger partial charge in [-0.05, 0) is 62.0 Å². The van der Waals surface area contributed by atoms with Gasteiger partial charge in [-0.25, -0.2) is 0 Å². The quantitative estimate of drug-likeness (QED) is 0.847. The first kappa shape index (κ1) is 20.2. The summed E-state index contributed by atoms with van der Waals surface area (Å²) < 4.78 is 0. The fraction of sp³-hybridized carbons (Fsp3) is 0.667. The lowest BCUT2D eigenvalue weighted by Crippen LogP contribution is -2.45. The number of nitrogens with one attached hydrogen (secondary N) is 2. The highest BCUT2D eigenvalue weighted by Crippen LogP contribution is 2.33. The van der Waals surface area contributed by atoms with Gasteiger partial charge in [0.15, 0.2) is 0 Å². The maximum absolute atomic E-state index is 12.6. The molecule has 3 atom stereocenters. The molecular weight excluding hydrogens is 326 g/mol. The number of nitriles is 1. The Balaban J connectivity index is 2.05. The first-order chi connectivity index (χ1) is 12.2. The lowest BCUT2D eigenvalue weighted by atomic mass is 9.74. The Morgan fingerprint density at radius 1 is 1.35 bits per heavy atom. The molecule has 0 aromatic carbocycles. The van der Waals surface area contributed by atoms with Crippen LogP contribution in [0.4, 0.5) is 0 Å². The lowest BCUT2D eigenvalue weighted by Gasteiger charge is -2.37. The Labute approximate surface area is 156 Å². The Morgan fingerprint density at radius 3 is 2.65 bits per heavy atom. The summed E-state index contributed by atoms with van der Waals surface area (Å²) in [6, 6.07) is 2.21. The molecule has 142 valence electrons. The second-order valence-corrected chi connectivity index (χ2v) is 8.17. The molecule has 1 fully saturated rings. The summed E-state index contributed by atoms with van der Waals surface area (Å²) in [5.41, 5.74) is 2.12. The van der Waals surface area contributed by atoms with Crippen LogP contribution in [0.1, 0.15) is 68.8 Å². The first-order valence-electron chi connectivity index (χ1n) is 9.66. The molecule has 5 heteroatoms. The third-order valence-electron chi connectivity index (χ3n) is 5.89. The van der Waals surface area contributed by atoms with Crippen LogP contribution >= 0.6 is 0 Å². The van der Waals surface area contributed by atoms with Crippen LogP contribution in [0.15, 0.2) is 4.79 Å². The Morgan fingerprint density at radius 2 is 2.04 bits per heavy atom. The van der Waals surface area contributed by atoms with Crippen molar-refractivity contribution in [2.75, 3.05) is 0 Å². The largest absolute Gasteiger partial charge is 0.353 e. The molecule has 2 N–H and O–H groups in total. The van der Waals surface area contributed by atoms with Crippen LogP contribution in [0.2, 0.25) is 0 Å². The van der Waals surface area contributed by atoms with Gasteiger partial charge in [0, 0.05) is 18.2 Å². The predicted octanol–water partition coefficient (Wildman–Crippen LogP) is 3.37. The van der Waals surface area contributed by atoms with Crippen LogP contribution < -0.4 is 10.9 Å². The molecule has 26 heavy (non-hydrogen) atoms. The highest BCUT2D eigenvalue weighted by Gasteiger charge is 2.31. The average molecular weight is 357 g/mol. The van der Waals surface area contributed by atoms with Crippen LogP contribution in [0, 0.1) is 42.9 Å². The molecule has 0 bridgehead atoms. The zero-order valence-electron chi connectivity index (χ0n) is 16.6. The van der Waals surface area contributed by atoms with E-state index in [2.05, 4.69) is 31.1 Å². The van der Waals surface area contributed by atoms with Gasteiger partial charge < -0.3 is 10.3 Å². The molecule has 0 radical (unpaired) electrons. The topological polar surface area (TPSA) is 85.8 Å². The molecule has 1 aromatic rings. The second-order valence-electron chi connectivity index (χ2n) is 8.17. The van der Waals surface area contributed by atoms with Crippen molar-refractivity contribution < 1.29 is 4.79 Å². The number of carbonyl (C=O) groups is 1. The molecule has 2 rings (SSSR count). The van der Waals surface area contributed by atoms with Crippen molar-refractivity contribution in [3.05, 3.63) is 32.7 Å². The van der Waals surface area contributed by atoms with Gasteiger partial charge in [-0.1, -0.05) is 27.2 Å². The van der Waals surface area contributed by atoms with Crippen LogP contribution in [0.3, 0.4) is 0 Å². The van der Waals surface area contributed by atoms with E-state index in [4.69, 9.17) is 5.26 Å². The number of aromatic amines is 1. The summed E-state index contributed by atoms with van der Waals surface area (Å²) in [5, 5.41) is 12.4. The van der Waals surface area contributed by atoms with Crippen LogP contribution in [0.5, 0.6) is 0 Å². The van der Waals surface area contributed by atoms with Crippen molar-refractivity contribution in [3.63, 3.8) is 0 Å². The minimum Gasteiger partial charge on any atom is -0.353 e. The van der Waals surface area contributed by atoms with Crippen LogP contribution in [-0.4, -0.2) is 16.9 Å². The summed E-state index contributed by atoms with van der Waals surface area (Å²) in [6.07, 6.45) is 4.36. The smallest absolute Gasteiger partial charge is 0.266 e. The number of H-pyrrole nitrogens is 1. The number of aromatic nitrogens is 1. The average Bonchev–Trinajstić information content (AvgIpc) is 2.54. The molecule has 0 unspecified atom stereocenters. The van der Waals surface area contributed by atoms with Crippen molar-refractivity contribution in [2.45, 2.75) is 72.8 Å². The van der Waals surface area contributed by atoms with Gasteiger partial charge in [-0.15, -0.1) is 0 Å². The summed E-state index contributed by atoms with van der Waals surface area (Å²) in [7, 11) is 0. The molecule has 1 aromatic heterocycles. The van der Waals surface area contributed by atoms with E-state index in [9.17, 15) is 9.59 Å². The molecular formula is C21H31N3O2. The zero-order valence-corrected chi connectivity index (χ0v) is 16.6. The van der Waals surface area contributed by atoms with Gasteiger partial charge in [0.1, 0.15) is 11.6 Å². The Bertz CT molecular complexity index is 758. The number of rotatable bonds is 5. The Kier molecular flexibility index (Phi) is 6.63. The third kappa shape index (κ3) is 4.55. The molecule has 1 heterocycles. The Hall–Kier alpha value is -2.09. The van der Waals surface area contributed by atoms with Crippen LogP contribution in [0.25, 0.3) is 0 Å². The van der Waals surface area contributed by atoms with Gasteiger partial charge in [-0.3, -0.25) is 9.59 Å². The van der Waals surface area contributed by atoms with Gasteiger partial charge in [0.25, 0.3) is 5.56 Å². The van der Waals surface area contributed by atoms with E-state index >= 15 is 0 Å². The van der Waals surface area contributed by atoms with Crippen LogP contribution in [-0.2, 0) is 11.2 Å². The minimum atomic E-state index is -0.355. The van der Waals surface area contributed by atoms with E-state index in [1.54, 1.807) is 6.92 Å². The summed E-state index contributed by atoms with van der Waals surface area (Å²) >= 11 is 0. The second kappa shape index (κ2) is 8.53. The molecule has 1 saturated carbocycles. The van der Waals surface area contributed by atoms with Crippen molar-refractivity contribution in [3.8, 4) is 6.07 Å². The molecule has 5 nitrogen and oxygen atoms in total. The standard InChI is InChI=1S/C21H31N3O2/c1-12(2)16-7-6-13(3)10-19(16)24-20(25)9-8-17-14(4)18(11-22)21(26)23-15(17)5/h12-13,16,19H,6-10H2,1-5H3,(H,23,26)(H,24,25)/t13-,16-,19-/m1/s1. The minimum absolute atomic E-state index is 0.0539. The lowest BCUT2D eigenvalue weighted by molar-refractivity contribution is -0.122. The number of amides is 1. The normalized spacial score (nSPS) is 22.9. The molecule has 1 aliphatic carbocycles. The van der Waals surface area contributed by atoms with Crippen molar-refractivity contribution in [1.82, 2.24) is 10.3 Å². The van der Waals surface area contributed by atoms with Gasteiger partial charge in [0.05, 0.1) is 0 Å². The maximum Gasteiger partial charge on any atom is 0.266 e. The number of hydrogen-bond donors (Lipinski definition) is 2. The van der Waals surface area contributed by atoms with Crippen molar-refractivity contribution in [1.29, 1.82) is 5.26 Å². The van der Waals surface area contributed by atoms with Crippen molar-refractivity contribution >= 4 is 5.91 Å². The molecule has 0 aliphatic heterocycles. The highest BCUT2D eigenvalue weighted by atomic mass is 16.1. The first-order valence-corrected chi connectivity index (χ1v) is 9.66. The van der Waals surface area contributed by atoms with E-state index in [1.807, 2.05) is 13.0 Å².